The fourth-order valence-corrected chi connectivity index (χ4v) is 2.15. The Labute approximate surface area is 128 Å². The van der Waals surface area contributed by atoms with Crippen LogP contribution in [0.4, 0.5) is 4.39 Å². The maximum absolute atomic E-state index is 13.7. The number of nitrogens with two attached hydrogens (primary N) is 1. The van der Waals surface area contributed by atoms with E-state index in [1.807, 2.05) is 12.1 Å². The van der Waals surface area contributed by atoms with Gasteiger partial charge < -0.3 is 5.73 Å². The molecule has 22 heavy (non-hydrogen) atoms. The van der Waals surface area contributed by atoms with Gasteiger partial charge in [-0.15, -0.1) is 0 Å². The highest BCUT2D eigenvalue weighted by Crippen LogP contribution is 2.32. The summed E-state index contributed by atoms with van der Waals surface area (Å²) in [6.07, 6.45) is 7.30. The summed E-state index contributed by atoms with van der Waals surface area (Å²) in [7, 11) is 0. The summed E-state index contributed by atoms with van der Waals surface area (Å²) in [5.74, 6) is 0.667. The Kier molecular flexibility index (Phi) is 4.23. The van der Waals surface area contributed by atoms with Crippen molar-refractivity contribution in [1.29, 1.82) is 0 Å². The first-order valence-corrected chi connectivity index (χ1v) is 7.26. The number of halogens is 1. The summed E-state index contributed by atoms with van der Waals surface area (Å²) >= 11 is 0. The first-order chi connectivity index (χ1) is 10.7. The van der Waals surface area contributed by atoms with Gasteiger partial charge in [-0.2, -0.15) is 0 Å². The van der Waals surface area contributed by atoms with Gasteiger partial charge in [-0.1, -0.05) is 18.2 Å². The Bertz CT molecular complexity index is 706. The van der Waals surface area contributed by atoms with Crippen molar-refractivity contribution in [3.63, 3.8) is 0 Å². The number of hydrogen-bond acceptors (Lipinski definition) is 4. The summed E-state index contributed by atoms with van der Waals surface area (Å²) in [4.78, 5) is 12.8. The SMILES string of the molecule is NC(=CC(=NCc1ccccc1F)C1CC1)c1ncccn1. The normalized spacial score (nSPS) is 15.9. The van der Waals surface area contributed by atoms with E-state index in [0.717, 1.165) is 18.6 Å². The van der Waals surface area contributed by atoms with Crippen LogP contribution in [0.5, 0.6) is 0 Å². The van der Waals surface area contributed by atoms with E-state index < -0.39 is 0 Å². The second-order valence-electron chi connectivity index (χ2n) is 5.28. The predicted octanol–water partition coefficient (Wildman–Crippen LogP) is 2.97. The summed E-state index contributed by atoms with van der Waals surface area (Å²) in [6.45, 7) is 0.317. The highest BCUT2D eigenvalue weighted by Gasteiger charge is 2.26. The van der Waals surface area contributed by atoms with Gasteiger partial charge in [-0.3, -0.25) is 4.99 Å². The Balaban J connectivity index is 1.81. The van der Waals surface area contributed by atoms with Gasteiger partial charge in [0, 0.05) is 29.6 Å². The monoisotopic (exact) mass is 296 g/mol. The Hall–Kier alpha value is -2.56. The van der Waals surface area contributed by atoms with Gasteiger partial charge in [-0.05, 0) is 31.1 Å². The molecule has 2 aromatic rings. The fourth-order valence-electron chi connectivity index (χ4n) is 2.15. The van der Waals surface area contributed by atoms with Crippen LogP contribution in [0.3, 0.4) is 0 Å². The smallest absolute Gasteiger partial charge is 0.175 e. The van der Waals surface area contributed by atoms with Gasteiger partial charge in [0.2, 0.25) is 0 Å². The molecule has 0 amide bonds. The lowest BCUT2D eigenvalue weighted by Crippen LogP contribution is -2.07. The van der Waals surface area contributed by atoms with E-state index in [4.69, 9.17) is 5.73 Å². The molecular formula is C17H17FN4. The van der Waals surface area contributed by atoms with Crippen molar-refractivity contribution in [2.75, 3.05) is 0 Å². The molecule has 0 saturated heterocycles. The molecule has 5 heteroatoms. The average Bonchev–Trinajstić information content (AvgIpc) is 3.38. The molecule has 0 radical (unpaired) electrons. The number of hydrogen-bond donors (Lipinski definition) is 1. The number of nitrogens with zero attached hydrogens (tertiary/aromatic N) is 3. The van der Waals surface area contributed by atoms with Crippen molar-refractivity contribution in [2.45, 2.75) is 19.4 Å². The third-order valence-corrected chi connectivity index (χ3v) is 3.51. The third-order valence-electron chi connectivity index (χ3n) is 3.51. The lowest BCUT2D eigenvalue weighted by Gasteiger charge is -2.04. The van der Waals surface area contributed by atoms with Crippen LogP contribution in [0.15, 0.2) is 53.8 Å². The molecule has 112 valence electrons. The fraction of sp³-hybridized carbons (Fsp3) is 0.235. The summed E-state index contributed by atoms with van der Waals surface area (Å²) in [5, 5.41) is 0. The summed E-state index contributed by atoms with van der Waals surface area (Å²) < 4.78 is 13.7. The predicted molar refractivity (Wildman–Crippen MR) is 84.5 cm³/mol. The first-order valence-electron chi connectivity index (χ1n) is 7.26. The van der Waals surface area contributed by atoms with Crippen LogP contribution in [0.25, 0.3) is 5.70 Å². The third kappa shape index (κ3) is 3.55. The van der Waals surface area contributed by atoms with E-state index in [0.29, 0.717) is 29.5 Å². The van der Waals surface area contributed by atoms with E-state index in [-0.39, 0.29) is 5.82 Å². The molecule has 1 saturated carbocycles. The van der Waals surface area contributed by atoms with Gasteiger partial charge in [0.05, 0.1) is 12.2 Å². The largest absolute Gasteiger partial charge is 0.396 e. The zero-order chi connectivity index (χ0) is 15.4. The first kappa shape index (κ1) is 14.4. The Morgan fingerprint density at radius 1 is 1.23 bits per heavy atom. The molecule has 0 aliphatic heterocycles. The van der Waals surface area contributed by atoms with E-state index in [9.17, 15) is 4.39 Å². The number of aromatic nitrogens is 2. The number of aliphatic imine (C=N–C) groups is 1. The second-order valence-corrected chi connectivity index (χ2v) is 5.28. The molecule has 1 aromatic heterocycles. The molecule has 3 rings (SSSR count). The van der Waals surface area contributed by atoms with E-state index >= 15 is 0 Å². The standard InChI is InChI=1S/C17H17FN4/c18-14-5-2-1-4-13(14)11-22-16(12-6-7-12)10-15(19)17-20-8-3-9-21-17/h1-5,8-10,12H,6-7,11,19H2. The summed E-state index contributed by atoms with van der Waals surface area (Å²) in [6, 6.07) is 8.42. The van der Waals surface area contributed by atoms with Crippen LogP contribution in [-0.4, -0.2) is 15.7 Å². The van der Waals surface area contributed by atoms with Crippen molar-refractivity contribution in [3.05, 3.63) is 66.0 Å². The molecule has 4 nitrogen and oxygen atoms in total. The van der Waals surface area contributed by atoms with Crippen molar-refractivity contribution < 1.29 is 4.39 Å². The lowest BCUT2D eigenvalue weighted by atomic mass is 10.2. The quantitative estimate of drug-likeness (QED) is 0.863. The minimum absolute atomic E-state index is 0.232. The zero-order valence-corrected chi connectivity index (χ0v) is 12.1. The minimum atomic E-state index is -0.232. The lowest BCUT2D eigenvalue weighted by molar-refractivity contribution is 0.611. The Morgan fingerprint density at radius 2 is 1.95 bits per heavy atom. The number of rotatable bonds is 5. The highest BCUT2D eigenvalue weighted by molar-refractivity contribution is 6.02. The molecule has 1 aliphatic rings. The second kappa shape index (κ2) is 6.47. The topological polar surface area (TPSA) is 64.2 Å². The summed E-state index contributed by atoms with van der Waals surface area (Å²) in [5.41, 5.74) is 8.01. The maximum Gasteiger partial charge on any atom is 0.175 e. The molecule has 1 fully saturated rings. The molecule has 1 aliphatic carbocycles. The van der Waals surface area contributed by atoms with Gasteiger partial charge in [0.1, 0.15) is 5.82 Å². The zero-order valence-electron chi connectivity index (χ0n) is 12.1. The van der Waals surface area contributed by atoms with Gasteiger partial charge in [0.25, 0.3) is 0 Å². The van der Waals surface area contributed by atoms with Crippen LogP contribution in [0.1, 0.15) is 24.2 Å². The highest BCUT2D eigenvalue weighted by atomic mass is 19.1. The molecule has 1 aromatic carbocycles. The van der Waals surface area contributed by atoms with Gasteiger partial charge in [-0.25, -0.2) is 14.4 Å². The molecule has 0 spiro atoms. The minimum Gasteiger partial charge on any atom is -0.396 e. The van der Waals surface area contributed by atoms with Crippen LogP contribution in [0.2, 0.25) is 0 Å². The van der Waals surface area contributed by atoms with Crippen LogP contribution in [-0.2, 0) is 6.54 Å². The van der Waals surface area contributed by atoms with Crippen molar-refractivity contribution in [3.8, 4) is 0 Å². The molecule has 0 unspecified atom stereocenters. The van der Waals surface area contributed by atoms with Gasteiger partial charge in [0.15, 0.2) is 5.82 Å². The van der Waals surface area contributed by atoms with Crippen LogP contribution < -0.4 is 5.73 Å². The van der Waals surface area contributed by atoms with E-state index in [1.165, 1.54) is 6.07 Å². The maximum atomic E-state index is 13.7. The van der Waals surface area contributed by atoms with Crippen molar-refractivity contribution in [2.24, 2.45) is 16.6 Å². The molecule has 0 bridgehead atoms. The molecular weight excluding hydrogens is 279 g/mol. The van der Waals surface area contributed by atoms with E-state index in [1.54, 1.807) is 30.6 Å². The van der Waals surface area contributed by atoms with E-state index in [2.05, 4.69) is 15.0 Å². The van der Waals surface area contributed by atoms with Crippen molar-refractivity contribution in [1.82, 2.24) is 9.97 Å². The molecule has 2 N–H and O–H groups in total. The Morgan fingerprint density at radius 3 is 2.64 bits per heavy atom. The average molecular weight is 296 g/mol. The molecule has 1 heterocycles. The number of allylic oxidation sites excluding steroid dienone is 1. The van der Waals surface area contributed by atoms with Gasteiger partial charge >= 0.3 is 0 Å². The number of benzene rings is 1. The van der Waals surface area contributed by atoms with Crippen LogP contribution >= 0.6 is 0 Å². The van der Waals surface area contributed by atoms with Crippen molar-refractivity contribution >= 4 is 11.4 Å². The van der Waals surface area contributed by atoms with Crippen LogP contribution in [0, 0.1) is 11.7 Å². The molecule has 0 atom stereocenters.